The summed E-state index contributed by atoms with van der Waals surface area (Å²) in [6.07, 6.45) is 0. The summed E-state index contributed by atoms with van der Waals surface area (Å²) in [4.78, 5) is 0. The van der Waals surface area contributed by atoms with Gasteiger partial charge in [0.15, 0.2) is 0 Å². The van der Waals surface area contributed by atoms with Crippen molar-refractivity contribution in [2.45, 2.75) is 5.25 Å². The SMILES string of the molecule is N#CSCC(CO)SC#N. The highest BCUT2D eigenvalue weighted by Crippen LogP contribution is 2.13. The van der Waals surface area contributed by atoms with E-state index in [1.54, 1.807) is 0 Å². The molecule has 0 aromatic heterocycles. The Labute approximate surface area is 68.0 Å². The highest BCUT2D eigenvalue weighted by molar-refractivity contribution is 8.07. The molecule has 54 valence electrons. The molecule has 0 rings (SSSR count). The van der Waals surface area contributed by atoms with E-state index in [9.17, 15) is 0 Å². The van der Waals surface area contributed by atoms with Gasteiger partial charge in [0.25, 0.3) is 0 Å². The first-order valence-electron chi connectivity index (χ1n) is 2.51. The number of thioether (sulfide) groups is 2. The second-order valence-electron chi connectivity index (χ2n) is 1.42. The summed E-state index contributed by atoms with van der Waals surface area (Å²) in [5, 5.41) is 28.5. The highest BCUT2D eigenvalue weighted by Gasteiger charge is 2.06. The zero-order chi connectivity index (χ0) is 7.82. The minimum Gasteiger partial charge on any atom is -0.395 e. The fraction of sp³-hybridized carbons (Fsp3) is 0.600. The van der Waals surface area contributed by atoms with E-state index < -0.39 is 0 Å². The van der Waals surface area contributed by atoms with Crippen LogP contribution in [0.15, 0.2) is 0 Å². The second kappa shape index (κ2) is 6.76. The van der Waals surface area contributed by atoms with E-state index in [4.69, 9.17) is 15.6 Å². The molecular weight excluding hydrogens is 168 g/mol. The Balaban J connectivity index is 3.44. The van der Waals surface area contributed by atoms with Gasteiger partial charge in [-0.25, -0.2) is 0 Å². The standard InChI is InChI=1S/C5H6N2OS2/c6-3-9-2-5(1-8)10-4-7/h5,8H,1-2H2. The van der Waals surface area contributed by atoms with Crippen molar-refractivity contribution in [3.8, 4) is 10.8 Å². The molecule has 0 aromatic carbocycles. The topological polar surface area (TPSA) is 67.8 Å². The Morgan fingerprint density at radius 1 is 1.40 bits per heavy atom. The van der Waals surface area contributed by atoms with Gasteiger partial charge >= 0.3 is 0 Å². The van der Waals surface area contributed by atoms with Crippen molar-refractivity contribution < 1.29 is 5.11 Å². The maximum Gasteiger partial charge on any atom is 0.133 e. The van der Waals surface area contributed by atoms with Gasteiger partial charge in [-0.2, -0.15) is 10.5 Å². The van der Waals surface area contributed by atoms with Gasteiger partial charge in [0.1, 0.15) is 10.8 Å². The molecule has 0 aliphatic heterocycles. The van der Waals surface area contributed by atoms with Crippen LogP contribution in [0.5, 0.6) is 0 Å². The van der Waals surface area contributed by atoms with Crippen LogP contribution in [-0.4, -0.2) is 22.7 Å². The molecule has 0 spiro atoms. The minimum atomic E-state index is -0.130. The molecule has 0 amide bonds. The lowest BCUT2D eigenvalue weighted by Crippen LogP contribution is -2.09. The Morgan fingerprint density at radius 3 is 2.50 bits per heavy atom. The predicted octanol–water partition coefficient (Wildman–Crippen LogP) is 0.776. The zero-order valence-electron chi connectivity index (χ0n) is 5.15. The Bertz CT molecular complexity index is 160. The summed E-state index contributed by atoms with van der Waals surface area (Å²) < 4.78 is 0. The molecular formula is C5H6N2OS2. The summed E-state index contributed by atoms with van der Waals surface area (Å²) >= 11 is 2.05. The number of rotatable bonds is 4. The van der Waals surface area contributed by atoms with Crippen LogP contribution in [0.3, 0.4) is 0 Å². The molecule has 3 nitrogen and oxygen atoms in total. The second-order valence-corrected chi connectivity index (χ2v) is 3.31. The maximum atomic E-state index is 8.59. The monoisotopic (exact) mass is 174 g/mol. The zero-order valence-corrected chi connectivity index (χ0v) is 6.78. The van der Waals surface area contributed by atoms with Gasteiger partial charge in [-0.05, 0) is 23.5 Å². The van der Waals surface area contributed by atoms with Gasteiger partial charge in [-0.15, -0.1) is 0 Å². The summed E-state index contributed by atoms with van der Waals surface area (Å²) in [6.45, 7) is -0.0487. The third-order valence-electron chi connectivity index (χ3n) is 0.757. The van der Waals surface area contributed by atoms with E-state index in [1.165, 1.54) is 0 Å². The van der Waals surface area contributed by atoms with Crippen molar-refractivity contribution >= 4 is 23.5 Å². The number of aliphatic hydroxyl groups excluding tert-OH is 1. The lowest BCUT2D eigenvalue weighted by molar-refractivity contribution is 0.301. The summed E-state index contributed by atoms with van der Waals surface area (Å²) in [5.74, 6) is 0.505. The van der Waals surface area contributed by atoms with Crippen LogP contribution in [0.1, 0.15) is 0 Å². The molecule has 0 heterocycles. The molecule has 0 bridgehead atoms. The lowest BCUT2D eigenvalue weighted by atomic mass is 10.5. The Kier molecular flexibility index (Phi) is 6.51. The molecule has 1 atom stereocenters. The summed E-state index contributed by atoms with van der Waals surface area (Å²) in [5.41, 5.74) is 0. The van der Waals surface area contributed by atoms with Gasteiger partial charge < -0.3 is 5.11 Å². The first-order valence-corrected chi connectivity index (χ1v) is 4.38. The van der Waals surface area contributed by atoms with Gasteiger partial charge in [0.2, 0.25) is 0 Å². The number of hydrogen-bond donors (Lipinski definition) is 1. The third kappa shape index (κ3) is 4.51. The number of thiocyanates is 2. The van der Waals surface area contributed by atoms with Crippen molar-refractivity contribution in [3.05, 3.63) is 0 Å². The Morgan fingerprint density at radius 2 is 2.10 bits per heavy atom. The third-order valence-corrected chi connectivity index (χ3v) is 2.42. The van der Waals surface area contributed by atoms with Crippen LogP contribution in [0.25, 0.3) is 0 Å². The largest absolute Gasteiger partial charge is 0.395 e. The van der Waals surface area contributed by atoms with Crippen molar-refractivity contribution in [1.82, 2.24) is 0 Å². The van der Waals surface area contributed by atoms with E-state index in [2.05, 4.69) is 0 Å². The summed E-state index contributed by atoms with van der Waals surface area (Å²) in [7, 11) is 0. The normalized spacial score (nSPS) is 11.5. The fourth-order valence-electron chi connectivity index (χ4n) is 0.329. The van der Waals surface area contributed by atoms with Crippen LogP contribution >= 0.6 is 23.5 Å². The van der Waals surface area contributed by atoms with Crippen LogP contribution in [0.4, 0.5) is 0 Å². The predicted molar refractivity (Wildman–Crippen MR) is 42.1 cm³/mol. The molecule has 0 aliphatic rings. The van der Waals surface area contributed by atoms with E-state index in [0.29, 0.717) is 5.75 Å². The van der Waals surface area contributed by atoms with Crippen LogP contribution in [0, 0.1) is 21.3 Å². The van der Waals surface area contributed by atoms with E-state index in [0.717, 1.165) is 23.5 Å². The molecule has 0 aliphatic carbocycles. The lowest BCUT2D eigenvalue weighted by Gasteiger charge is -2.03. The molecule has 0 aromatic rings. The van der Waals surface area contributed by atoms with Crippen molar-refractivity contribution in [2.75, 3.05) is 12.4 Å². The quantitative estimate of drug-likeness (QED) is 0.638. The Hall–Kier alpha value is -0.360. The van der Waals surface area contributed by atoms with Crippen molar-refractivity contribution in [1.29, 1.82) is 10.5 Å². The van der Waals surface area contributed by atoms with E-state index >= 15 is 0 Å². The number of nitriles is 2. The van der Waals surface area contributed by atoms with Crippen LogP contribution in [-0.2, 0) is 0 Å². The smallest absolute Gasteiger partial charge is 0.133 e. The van der Waals surface area contributed by atoms with E-state index in [1.807, 2.05) is 10.8 Å². The number of hydrogen-bond acceptors (Lipinski definition) is 5. The molecule has 0 saturated heterocycles. The van der Waals surface area contributed by atoms with Crippen LogP contribution in [0.2, 0.25) is 0 Å². The van der Waals surface area contributed by atoms with Crippen molar-refractivity contribution in [3.63, 3.8) is 0 Å². The van der Waals surface area contributed by atoms with E-state index in [-0.39, 0.29) is 11.9 Å². The molecule has 10 heavy (non-hydrogen) atoms. The van der Waals surface area contributed by atoms with Gasteiger partial charge in [-0.3, -0.25) is 0 Å². The average molecular weight is 174 g/mol. The first-order chi connectivity index (χ1) is 4.85. The first kappa shape index (κ1) is 9.64. The molecule has 0 fully saturated rings. The van der Waals surface area contributed by atoms with Gasteiger partial charge in [0.05, 0.1) is 11.9 Å². The molecule has 0 radical (unpaired) electrons. The average Bonchev–Trinajstić information content (AvgIpc) is 1.98. The van der Waals surface area contributed by atoms with Crippen molar-refractivity contribution in [2.24, 2.45) is 0 Å². The number of aliphatic hydroxyl groups is 1. The van der Waals surface area contributed by atoms with Gasteiger partial charge in [0, 0.05) is 5.75 Å². The summed E-state index contributed by atoms with van der Waals surface area (Å²) in [6, 6.07) is 0. The maximum absolute atomic E-state index is 8.59. The fourth-order valence-corrected chi connectivity index (χ4v) is 1.39. The number of nitrogens with zero attached hydrogens (tertiary/aromatic N) is 2. The molecule has 1 unspecified atom stereocenters. The molecule has 5 heteroatoms. The molecule has 0 saturated carbocycles. The van der Waals surface area contributed by atoms with Gasteiger partial charge in [-0.1, -0.05) is 0 Å². The van der Waals surface area contributed by atoms with Crippen LogP contribution < -0.4 is 0 Å². The highest BCUT2D eigenvalue weighted by atomic mass is 32.2. The molecule has 1 N–H and O–H groups in total. The minimum absolute atomic E-state index is 0.0487.